The van der Waals surface area contributed by atoms with Gasteiger partial charge in [-0.1, -0.05) is 397 Å². The Kier molecular flexibility index (Phi) is 56.4. The minimum atomic E-state index is -2.34. The third-order valence-electron chi connectivity index (χ3n) is 18.1. The minimum Gasteiger partial charge on any atom is -0.386 e. The third-order valence-corrected chi connectivity index (χ3v) is 18.6. The zero-order valence-electron chi connectivity index (χ0n) is 52.6. The monoisotopic (exact) mass is 1150 g/mol. The summed E-state index contributed by atoms with van der Waals surface area (Å²) in [7, 11) is 0. The number of Topliss-reactive ketones (excluding diaryl/α,β-unsaturated/α-hetero) is 1. The van der Waals surface area contributed by atoms with Gasteiger partial charge in [0.15, 0.2) is 11.4 Å². The van der Waals surface area contributed by atoms with Gasteiger partial charge in [0.05, 0.1) is 0 Å². The van der Waals surface area contributed by atoms with E-state index in [1.807, 2.05) is 0 Å². The van der Waals surface area contributed by atoms with Crippen molar-refractivity contribution in [3.63, 3.8) is 0 Å². The second-order valence-corrected chi connectivity index (χ2v) is 26.2. The number of aliphatic hydroxyl groups is 5. The molecule has 6 nitrogen and oxygen atoms in total. The maximum atomic E-state index is 14.9. The highest BCUT2D eigenvalue weighted by atomic mass is 79.9. The number of carbonyl (C=O) groups excluding carboxylic acids is 1. The summed E-state index contributed by atoms with van der Waals surface area (Å²) in [6.45, 7) is 9.09. The van der Waals surface area contributed by atoms with Crippen molar-refractivity contribution < 1.29 is 30.3 Å². The van der Waals surface area contributed by atoms with Crippen LogP contribution in [0.4, 0.5) is 0 Å². The van der Waals surface area contributed by atoms with Gasteiger partial charge in [-0.25, -0.2) is 0 Å². The minimum absolute atomic E-state index is 0.00283. The van der Waals surface area contributed by atoms with Crippen molar-refractivity contribution in [2.75, 3.05) is 0 Å². The van der Waals surface area contributed by atoms with Gasteiger partial charge in [0.1, 0.15) is 22.3 Å². The fraction of sp³-hybridized carbons (Fsp3) is 0.986. The van der Waals surface area contributed by atoms with Crippen LogP contribution >= 0.6 is 15.9 Å². The summed E-state index contributed by atoms with van der Waals surface area (Å²) in [5.74, 6) is -0.408. The summed E-state index contributed by atoms with van der Waals surface area (Å²) in [5.41, 5.74) is -6.91. The first-order chi connectivity index (χ1) is 37.5. The number of carbonyl (C=O) groups is 1. The average Bonchev–Trinajstić information content (AvgIpc) is 3.45. The number of ketones is 1. The molecule has 0 spiro atoms. The molecule has 0 saturated carbocycles. The van der Waals surface area contributed by atoms with Crippen LogP contribution in [0.1, 0.15) is 413 Å². The highest BCUT2D eigenvalue weighted by Gasteiger charge is 2.66. The van der Waals surface area contributed by atoms with Crippen LogP contribution in [0.2, 0.25) is 0 Å². The SMILES string of the molecule is CCCCCCCCCCCCCCCCC(=O)[C@@](O)(CCCCCCCCCCCCCCCC)[C@](O)(CCCCCCCCCCCCCCCC)[C@@](O)(CCCCCCCCCCCCCCCC)[C@H](O)C(O)Br. The van der Waals surface area contributed by atoms with Crippen molar-refractivity contribution in [2.45, 2.75) is 441 Å². The van der Waals surface area contributed by atoms with E-state index in [-0.39, 0.29) is 25.7 Å². The second-order valence-electron chi connectivity index (χ2n) is 25.3. The zero-order chi connectivity index (χ0) is 56.7. The van der Waals surface area contributed by atoms with Crippen LogP contribution in [-0.4, -0.2) is 59.2 Å². The fourth-order valence-corrected chi connectivity index (χ4v) is 13.0. The van der Waals surface area contributed by atoms with Crippen LogP contribution < -0.4 is 0 Å². The standard InChI is InChI=1S/C70H139BrO6/c1-5-9-13-17-21-25-29-33-37-41-45-49-53-57-61-65(72)68(75,62-58-54-50-46-42-38-34-30-26-22-18-14-10-6-2)70(77,64-60-56-52-48-44-40-36-32-28-24-20-16-12-8-4)69(76,66(73)67(71)74)63-59-55-51-47-43-39-35-31-27-23-19-15-11-7-3/h66-67,73-77H,5-64H2,1-4H3/t66-,67?,68+,69-,70-/m1/s1. The Morgan fingerprint density at radius 1 is 0.299 bits per heavy atom. The van der Waals surface area contributed by atoms with Gasteiger partial charge < -0.3 is 25.5 Å². The van der Waals surface area contributed by atoms with Crippen molar-refractivity contribution in [1.82, 2.24) is 0 Å². The summed E-state index contributed by atoms with van der Waals surface area (Å²) in [4.78, 5) is 14.9. The second kappa shape index (κ2) is 56.4. The normalized spacial score (nSPS) is 15.1. The van der Waals surface area contributed by atoms with E-state index < -0.39 is 33.7 Å². The molecule has 77 heavy (non-hydrogen) atoms. The average molecular weight is 1160 g/mol. The quantitative estimate of drug-likeness (QED) is 0.0306. The van der Waals surface area contributed by atoms with Gasteiger partial charge in [-0.15, -0.1) is 0 Å². The zero-order valence-corrected chi connectivity index (χ0v) is 54.2. The smallest absolute Gasteiger partial charge is 0.167 e. The van der Waals surface area contributed by atoms with Crippen LogP contribution in [0, 0.1) is 0 Å². The molecular formula is C70H139BrO6. The van der Waals surface area contributed by atoms with Crippen molar-refractivity contribution in [2.24, 2.45) is 0 Å². The highest BCUT2D eigenvalue weighted by molar-refractivity contribution is 9.09. The Balaban J connectivity index is 6.04. The van der Waals surface area contributed by atoms with Gasteiger partial charge in [0.2, 0.25) is 0 Å². The number of hydrogen-bond donors (Lipinski definition) is 5. The molecule has 0 fully saturated rings. The van der Waals surface area contributed by atoms with E-state index >= 15 is 0 Å². The Morgan fingerprint density at radius 3 is 0.727 bits per heavy atom. The first-order valence-electron chi connectivity index (χ1n) is 35.2. The summed E-state index contributed by atoms with van der Waals surface area (Å²) < 4.78 is 0. The molecule has 5 N–H and O–H groups in total. The highest BCUT2D eigenvalue weighted by Crippen LogP contribution is 2.47. The number of aliphatic hydroxyl groups excluding tert-OH is 2. The first kappa shape index (κ1) is 77.0. The number of alkyl halides is 1. The van der Waals surface area contributed by atoms with Gasteiger partial charge in [-0.2, -0.15) is 0 Å². The topological polar surface area (TPSA) is 118 Å². The van der Waals surface area contributed by atoms with Crippen molar-refractivity contribution in [1.29, 1.82) is 0 Å². The Hall–Kier alpha value is -0.0500. The molecule has 1 unspecified atom stereocenters. The molecule has 0 aliphatic rings. The molecule has 0 amide bonds. The van der Waals surface area contributed by atoms with Crippen LogP contribution in [0.25, 0.3) is 0 Å². The van der Waals surface area contributed by atoms with Crippen molar-refractivity contribution in [3.8, 4) is 0 Å². The molecule has 7 heteroatoms. The van der Waals surface area contributed by atoms with Gasteiger partial charge in [0.25, 0.3) is 0 Å². The lowest BCUT2D eigenvalue weighted by Gasteiger charge is -2.54. The van der Waals surface area contributed by atoms with Crippen LogP contribution in [0.5, 0.6) is 0 Å². The molecular weight excluding hydrogens is 1020 g/mol. The molecule has 5 atom stereocenters. The third kappa shape index (κ3) is 40.8. The maximum Gasteiger partial charge on any atom is 0.167 e. The van der Waals surface area contributed by atoms with Crippen LogP contribution in [0.3, 0.4) is 0 Å². The van der Waals surface area contributed by atoms with Crippen LogP contribution in [0.15, 0.2) is 0 Å². The fourth-order valence-electron chi connectivity index (χ4n) is 12.6. The van der Waals surface area contributed by atoms with Crippen molar-refractivity contribution >= 4 is 21.7 Å². The predicted molar refractivity (Wildman–Crippen MR) is 341 cm³/mol. The number of hydrogen-bond acceptors (Lipinski definition) is 6. The molecule has 0 heterocycles. The number of halogens is 1. The Morgan fingerprint density at radius 2 is 0.494 bits per heavy atom. The molecule has 0 bridgehead atoms. The van der Waals surface area contributed by atoms with Gasteiger partial charge in [0, 0.05) is 6.42 Å². The maximum absolute atomic E-state index is 14.9. The first-order valence-corrected chi connectivity index (χ1v) is 36.1. The lowest BCUT2D eigenvalue weighted by atomic mass is 9.60. The van der Waals surface area contributed by atoms with Crippen LogP contribution in [-0.2, 0) is 4.79 Å². The van der Waals surface area contributed by atoms with Gasteiger partial charge >= 0.3 is 0 Å². The molecule has 0 radical (unpaired) electrons. The van der Waals surface area contributed by atoms with E-state index in [0.717, 1.165) is 77.0 Å². The Labute approximate surface area is 490 Å². The largest absolute Gasteiger partial charge is 0.386 e. The van der Waals surface area contributed by atoms with E-state index in [2.05, 4.69) is 43.6 Å². The number of unbranched alkanes of at least 4 members (excludes halogenated alkanes) is 52. The summed E-state index contributed by atoms with van der Waals surface area (Å²) >= 11 is 3.19. The van der Waals surface area contributed by atoms with E-state index in [0.29, 0.717) is 25.7 Å². The molecule has 0 saturated heterocycles. The van der Waals surface area contributed by atoms with Gasteiger partial charge in [-0.3, -0.25) is 4.79 Å². The van der Waals surface area contributed by atoms with E-state index in [4.69, 9.17) is 0 Å². The van der Waals surface area contributed by atoms with Gasteiger partial charge in [-0.05, 0) is 25.7 Å². The molecule has 0 aliphatic heterocycles. The molecule has 0 aromatic carbocycles. The van der Waals surface area contributed by atoms with E-state index in [1.54, 1.807) is 0 Å². The molecule has 0 aliphatic carbocycles. The molecule has 0 aromatic rings. The predicted octanol–water partition coefficient (Wildman–Crippen LogP) is 22.3. The lowest BCUT2D eigenvalue weighted by Crippen LogP contribution is -2.75. The van der Waals surface area contributed by atoms with E-state index in [9.17, 15) is 30.3 Å². The van der Waals surface area contributed by atoms with E-state index in [1.165, 1.54) is 257 Å². The van der Waals surface area contributed by atoms with Crippen molar-refractivity contribution in [3.05, 3.63) is 0 Å². The summed E-state index contributed by atoms with van der Waals surface area (Å²) in [5, 5.41) is 61.1. The summed E-state index contributed by atoms with van der Waals surface area (Å²) in [6.07, 6.45) is 64.9. The number of rotatable bonds is 65. The molecule has 0 rings (SSSR count). The molecule has 462 valence electrons. The Bertz CT molecular complexity index is 1200. The molecule has 0 aromatic heterocycles. The summed E-state index contributed by atoms with van der Waals surface area (Å²) in [6, 6.07) is 0. The lowest BCUT2D eigenvalue weighted by molar-refractivity contribution is -0.279.